The molecule has 0 spiro atoms. The molecule has 0 radical (unpaired) electrons. The number of carbonyl (C=O) groups is 2. The Balaban J connectivity index is 1.52. The summed E-state index contributed by atoms with van der Waals surface area (Å²) in [7, 11) is 1.79. The van der Waals surface area contributed by atoms with Gasteiger partial charge in [-0.05, 0) is 50.0 Å². The predicted molar refractivity (Wildman–Crippen MR) is 93.7 cm³/mol. The number of likely N-dealkylation sites (tertiary alicyclic amines) is 2. The Bertz CT molecular complexity index is 579. The van der Waals surface area contributed by atoms with Gasteiger partial charge in [0.15, 0.2) is 0 Å². The maximum absolute atomic E-state index is 12.4. The van der Waals surface area contributed by atoms with Crippen molar-refractivity contribution in [2.75, 3.05) is 26.7 Å². The summed E-state index contributed by atoms with van der Waals surface area (Å²) in [6.07, 6.45) is 5.16. The Kier molecular flexibility index (Phi) is 5.51. The molecule has 2 fully saturated rings. The van der Waals surface area contributed by atoms with Crippen molar-refractivity contribution in [1.29, 1.82) is 0 Å². The van der Waals surface area contributed by atoms with E-state index in [-0.39, 0.29) is 17.9 Å². The van der Waals surface area contributed by atoms with Crippen molar-refractivity contribution >= 4 is 11.8 Å². The quantitative estimate of drug-likeness (QED) is 0.919. The van der Waals surface area contributed by atoms with Crippen LogP contribution in [0.2, 0.25) is 0 Å². The van der Waals surface area contributed by atoms with Gasteiger partial charge in [-0.15, -0.1) is 0 Å². The van der Waals surface area contributed by atoms with Gasteiger partial charge in [-0.1, -0.05) is 18.6 Å². The summed E-state index contributed by atoms with van der Waals surface area (Å²) in [5, 5.41) is 3.04. The van der Waals surface area contributed by atoms with E-state index >= 15 is 0 Å². The van der Waals surface area contributed by atoms with E-state index in [1.807, 2.05) is 12.1 Å². The van der Waals surface area contributed by atoms with Crippen LogP contribution in [-0.2, 0) is 11.3 Å². The highest BCUT2D eigenvalue weighted by atomic mass is 16.2. The molecule has 2 aliphatic heterocycles. The van der Waals surface area contributed by atoms with Crippen LogP contribution in [0.15, 0.2) is 24.3 Å². The molecule has 0 aromatic heterocycles. The van der Waals surface area contributed by atoms with E-state index in [4.69, 9.17) is 0 Å². The van der Waals surface area contributed by atoms with Crippen LogP contribution < -0.4 is 5.32 Å². The molecule has 0 unspecified atom stereocenters. The van der Waals surface area contributed by atoms with E-state index in [9.17, 15) is 9.59 Å². The van der Waals surface area contributed by atoms with Crippen molar-refractivity contribution in [2.45, 2.75) is 44.7 Å². The minimum absolute atomic E-state index is 0.0488. The topological polar surface area (TPSA) is 52.7 Å². The van der Waals surface area contributed by atoms with Crippen molar-refractivity contribution in [3.8, 4) is 0 Å². The molecule has 2 saturated heterocycles. The molecular formula is C19H27N3O2. The molecule has 0 bridgehead atoms. The van der Waals surface area contributed by atoms with Gasteiger partial charge < -0.3 is 10.2 Å². The lowest BCUT2D eigenvalue weighted by molar-refractivity contribution is -0.132. The van der Waals surface area contributed by atoms with E-state index < -0.39 is 0 Å². The van der Waals surface area contributed by atoms with Gasteiger partial charge in [-0.3, -0.25) is 14.5 Å². The maximum Gasteiger partial charge on any atom is 0.251 e. The third-order valence-corrected chi connectivity index (χ3v) is 5.03. The Morgan fingerprint density at radius 1 is 1.17 bits per heavy atom. The SMILES string of the molecule is CN1C[C@H](NC(=O)c2ccc(CN3CCCCC3)cc2)CCC1=O. The average Bonchev–Trinajstić information content (AvgIpc) is 2.60. The van der Waals surface area contributed by atoms with E-state index in [1.54, 1.807) is 11.9 Å². The minimum Gasteiger partial charge on any atom is -0.348 e. The highest BCUT2D eigenvalue weighted by molar-refractivity contribution is 5.94. The molecule has 2 aliphatic rings. The zero-order valence-corrected chi connectivity index (χ0v) is 14.5. The summed E-state index contributed by atoms with van der Waals surface area (Å²) in [6.45, 7) is 3.92. The molecule has 130 valence electrons. The Morgan fingerprint density at radius 3 is 2.54 bits per heavy atom. The number of benzene rings is 1. The Hall–Kier alpha value is -1.88. The number of piperidine rings is 2. The zero-order valence-electron chi connectivity index (χ0n) is 14.5. The summed E-state index contributed by atoms with van der Waals surface area (Å²) >= 11 is 0. The summed E-state index contributed by atoms with van der Waals surface area (Å²) < 4.78 is 0. The lowest BCUT2D eigenvalue weighted by Crippen LogP contribution is -2.48. The number of rotatable bonds is 4. The van der Waals surface area contributed by atoms with Crippen molar-refractivity contribution in [2.24, 2.45) is 0 Å². The first-order valence-corrected chi connectivity index (χ1v) is 8.98. The summed E-state index contributed by atoms with van der Waals surface area (Å²) in [5.41, 5.74) is 1.95. The second-order valence-electron chi connectivity index (χ2n) is 7.02. The third kappa shape index (κ3) is 4.35. The first-order chi connectivity index (χ1) is 11.6. The van der Waals surface area contributed by atoms with Gasteiger partial charge in [0.25, 0.3) is 5.91 Å². The molecule has 5 heteroatoms. The summed E-state index contributed by atoms with van der Waals surface area (Å²) in [5.74, 6) is 0.106. The number of nitrogens with zero attached hydrogens (tertiary/aromatic N) is 2. The normalized spacial score (nSPS) is 22.5. The van der Waals surface area contributed by atoms with E-state index in [0.29, 0.717) is 18.5 Å². The maximum atomic E-state index is 12.4. The van der Waals surface area contributed by atoms with Crippen LogP contribution in [0.25, 0.3) is 0 Å². The van der Waals surface area contributed by atoms with E-state index in [0.717, 1.165) is 13.0 Å². The fraction of sp³-hybridized carbons (Fsp3) is 0.579. The number of amides is 2. The van der Waals surface area contributed by atoms with Crippen molar-refractivity contribution in [3.05, 3.63) is 35.4 Å². The highest BCUT2D eigenvalue weighted by Crippen LogP contribution is 2.14. The molecule has 1 aromatic carbocycles. The Labute approximate surface area is 144 Å². The van der Waals surface area contributed by atoms with Crippen LogP contribution in [0.5, 0.6) is 0 Å². The minimum atomic E-state index is -0.0488. The van der Waals surface area contributed by atoms with Crippen LogP contribution >= 0.6 is 0 Å². The molecule has 3 rings (SSSR count). The molecule has 5 nitrogen and oxygen atoms in total. The molecular weight excluding hydrogens is 302 g/mol. The predicted octanol–water partition coefficient (Wildman–Crippen LogP) is 2.02. The van der Waals surface area contributed by atoms with E-state index in [1.165, 1.54) is 37.9 Å². The van der Waals surface area contributed by atoms with Crippen LogP contribution in [0.3, 0.4) is 0 Å². The monoisotopic (exact) mass is 329 g/mol. The summed E-state index contributed by atoms with van der Waals surface area (Å²) in [4.78, 5) is 28.1. The number of hydrogen-bond acceptors (Lipinski definition) is 3. The van der Waals surface area contributed by atoms with Crippen LogP contribution in [0.1, 0.15) is 48.0 Å². The van der Waals surface area contributed by atoms with Gasteiger partial charge in [0, 0.05) is 38.2 Å². The van der Waals surface area contributed by atoms with Gasteiger partial charge in [0.1, 0.15) is 0 Å². The molecule has 0 saturated carbocycles. The van der Waals surface area contributed by atoms with Gasteiger partial charge >= 0.3 is 0 Å². The first-order valence-electron chi connectivity index (χ1n) is 8.98. The van der Waals surface area contributed by atoms with Gasteiger partial charge in [-0.25, -0.2) is 0 Å². The number of nitrogens with one attached hydrogen (secondary N) is 1. The van der Waals surface area contributed by atoms with Crippen molar-refractivity contribution in [1.82, 2.24) is 15.1 Å². The first kappa shape index (κ1) is 17.0. The number of likely N-dealkylation sites (N-methyl/N-ethyl adjacent to an activating group) is 1. The summed E-state index contributed by atoms with van der Waals surface area (Å²) in [6, 6.07) is 7.98. The molecule has 24 heavy (non-hydrogen) atoms. The van der Waals surface area contributed by atoms with Gasteiger partial charge in [-0.2, -0.15) is 0 Å². The second-order valence-corrected chi connectivity index (χ2v) is 7.02. The second kappa shape index (κ2) is 7.79. The lowest BCUT2D eigenvalue weighted by atomic mass is 10.0. The molecule has 1 N–H and O–H groups in total. The largest absolute Gasteiger partial charge is 0.348 e. The fourth-order valence-electron chi connectivity index (χ4n) is 3.54. The third-order valence-electron chi connectivity index (χ3n) is 5.03. The zero-order chi connectivity index (χ0) is 16.9. The molecule has 1 aromatic rings. The van der Waals surface area contributed by atoms with Crippen LogP contribution in [0, 0.1) is 0 Å². The lowest BCUT2D eigenvalue weighted by Gasteiger charge is -2.30. The molecule has 0 aliphatic carbocycles. The molecule has 2 amide bonds. The van der Waals surface area contributed by atoms with Crippen LogP contribution in [0.4, 0.5) is 0 Å². The Morgan fingerprint density at radius 2 is 1.88 bits per heavy atom. The van der Waals surface area contributed by atoms with E-state index in [2.05, 4.69) is 22.3 Å². The van der Waals surface area contributed by atoms with Crippen molar-refractivity contribution in [3.63, 3.8) is 0 Å². The van der Waals surface area contributed by atoms with Crippen LogP contribution in [-0.4, -0.2) is 54.3 Å². The molecule has 2 heterocycles. The highest BCUT2D eigenvalue weighted by Gasteiger charge is 2.24. The average molecular weight is 329 g/mol. The smallest absolute Gasteiger partial charge is 0.251 e. The van der Waals surface area contributed by atoms with Gasteiger partial charge in [0.2, 0.25) is 5.91 Å². The number of hydrogen-bond donors (Lipinski definition) is 1. The van der Waals surface area contributed by atoms with Gasteiger partial charge in [0.05, 0.1) is 0 Å². The van der Waals surface area contributed by atoms with Crippen molar-refractivity contribution < 1.29 is 9.59 Å². The number of carbonyl (C=O) groups excluding carboxylic acids is 2. The standard InChI is InChI=1S/C19H27N3O2/c1-21-14-17(9-10-18(21)23)20-19(24)16-7-5-15(6-8-16)13-22-11-3-2-4-12-22/h5-8,17H,2-4,9-14H2,1H3,(H,20,24)/t17-/m1/s1. The fourth-order valence-corrected chi connectivity index (χ4v) is 3.54. The molecule has 1 atom stereocenters.